The van der Waals surface area contributed by atoms with Gasteiger partial charge in [0.15, 0.2) is 0 Å². The molecule has 1 aromatic heterocycles. The summed E-state index contributed by atoms with van der Waals surface area (Å²) in [5, 5.41) is 2.62. The predicted octanol–water partition coefficient (Wildman–Crippen LogP) is 20.8. The van der Waals surface area contributed by atoms with E-state index < -0.39 is 0 Å². The number of rotatable bonds is 5. The highest BCUT2D eigenvalue weighted by Gasteiger charge is 2.48. The lowest BCUT2D eigenvalue weighted by atomic mass is 9.33. The molecule has 83 heavy (non-hydrogen) atoms. The van der Waals surface area contributed by atoms with Crippen LogP contribution in [0.5, 0.6) is 0 Å². The van der Waals surface area contributed by atoms with Gasteiger partial charge in [-0.15, -0.1) is 11.3 Å². The van der Waals surface area contributed by atoms with Crippen LogP contribution in [-0.4, -0.2) is 6.71 Å². The molecule has 424 valence electrons. The molecule has 4 aliphatic rings. The van der Waals surface area contributed by atoms with Crippen LogP contribution in [0.1, 0.15) is 193 Å². The van der Waals surface area contributed by atoms with Crippen LogP contribution in [0, 0.1) is 13.8 Å². The third-order valence-electron chi connectivity index (χ3n) is 20.5. The monoisotopic (exact) mass is 1110 g/mol. The summed E-state index contributed by atoms with van der Waals surface area (Å²) in [7, 11) is 0. The van der Waals surface area contributed by atoms with Gasteiger partial charge in [-0.3, -0.25) is 0 Å². The Labute approximate surface area is 502 Å². The predicted molar refractivity (Wildman–Crippen MR) is 364 cm³/mol. The lowest BCUT2D eigenvalue weighted by molar-refractivity contribution is 0.332. The van der Waals surface area contributed by atoms with Gasteiger partial charge in [0, 0.05) is 71.4 Å². The van der Waals surface area contributed by atoms with E-state index >= 15 is 0 Å². The Bertz CT molecular complexity index is 4100. The second-order valence-electron chi connectivity index (χ2n) is 31.4. The minimum Gasteiger partial charge on any atom is -0.311 e. The van der Waals surface area contributed by atoms with E-state index in [4.69, 9.17) is 0 Å². The summed E-state index contributed by atoms with van der Waals surface area (Å²) in [5.74, 6) is 0. The van der Waals surface area contributed by atoms with Crippen LogP contribution >= 0.6 is 11.3 Å². The van der Waals surface area contributed by atoms with Crippen LogP contribution in [-0.2, 0) is 37.9 Å². The van der Waals surface area contributed by atoms with Gasteiger partial charge in [-0.1, -0.05) is 178 Å². The van der Waals surface area contributed by atoms with E-state index in [0.717, 1.165) is 18.5 Å². The molecular formula is C78H88BN3S. The molecule has 0 amide bonds. The first-order valence-electron chi connectivity index (χ1n) is 31.0. The van der Waals surface area contributed by atoms with Crippen LogP contribution in [0.15, 0.2) is 140 Å². The van der Waals surface area contributed by atoms with Crippen LogP contribution in [0.4, 0.5) is 51.2 Å². The van der Waals surface area contributed by atoms with Crippen molar-refractivity contribution in [3.63, 3.8) is 0 Å². The van der Waals surface area contributed by atoms with Gasteiger partial charge >= 0.3 is 0 Å². The van der Waals surface area contributed by atoms with Gasteiger partial charge in [-0.25, -0.2) is 0 Å². The van der Waals surface area contributed by atoms with Crippen molar-refractivity contribution in [2.75, 3.05) is 14.7 Å². The third kappa shape index (κ3) is 8.93. The van der Waals surface area contributed by atoms with Crippen molar-refractivity contribution in [2.24, 2.45) is 0 Å². The zero-order chi connectivity index (χ0) is 59.0. The summed E-state index contributed by atoms with van der Waals surface area (Å²) in [4.78, 5) is 7.99. The van der Waals surface area contributed by atoms with Crippen LogP contribution in [0.25, 0.3) is 20.2 Å². The summed E-state index contributed by atoms with van der Waals surface area (Å²) in [6, 6.07) is 56.4. The van der Waals surface area contributed by atoms with Crippen LogP contribution < -0.4 is 31.1 Å². The van der Waals surface area contributed by atoms with E-state index in [1.807, 2.05) is 11.3 Å². The second-order valence-corrected chi connectivity index (χ2v) is 32.4. The van der Waals surface area contributed by atoms with Crippen molar-refractivity contribution in [1.29, 1.82) is 0 Å². The van der Waals surface area contributed by atoms with Gasteiger partial charge in [0.05, 0.1) is 0 Å². The van der Waals surface area contributed by atoms with Crippen LogP contribution in [0.2, 0.25) is 0 Å². The molecular weight excluding hydrogens is 1020 g/mol. The fourth-order valence-corrected chi connectivity index (χ4v) is 16.0. The highest BCUT2D eigenvalue weighted by atomic mass is 32.1. The first-order chi connectivity index (χ1) is 38.8. The van der Waals surface area contributed by atoms with E-state index in [9.17, 15) is 0 Å². The van der Waals surface area contributed by atoms with Gasteiger partial charge in [0.1, 0.15) is 0 Å². The Kier molecular flexibility index (Phi) is 12.4. The molecule has 0 radical (unpaired) electrons. The molecule has 0 fully saturated rings. The number of anilines is 9. The second kappa shape index (κ2) is 18.5. The fraction of sp³-hybridized carbons (Fsp3) is 0.385. The van der Waals surface area contributed by atoms with Crippen molar-refractivity contribution in [1.82, 2.24) is 0 Å². The molecule has 3 nitrogen and oxygen atoms in total. The quantitative estimate of drug-likeness (QED) is 0.159. The average molecular weight is 1110 g/mol. The van der Waals surface area contributed by atoms with E-state index in [0.29, 0.717) is 0 Å². The smallest absolute Gasteiger partial charge is 0.252 e. The fourth-order valence-electron chi connectivity index (χ4n) is 14.9. The molecule has 0 saturated carbocycles. The Morgan fingerprint density at radius 3 is 1.45 bits per heavy atom. The average Bonchev–Trinajstić information content (AvgIpc) is 2.36. The van der Waals surface area contributed by atoms with Gasteiger partial charge in [0.2, 0.25) is 0 Å². The maximum absolute atomic E-state index is 2.73. The summed E-state index contributed by atoms with van der Waals surface area (Å²) < 4.78 is 2.63. The number of thiophene rings is 1. The van der Waals surface area contributed by atoms with Crippen molar-refractivity contribution in [3.05, 3.63) is 190 Å². The number of aryl methyl sites for hydroxylation is 2. The summed E-state index contributed by atoms with van der Waals surface area (Å²) in [6.07, 6.45) is 4.66. The number of nitrogens with zero attached hydrogens (tertiary/aromatic N) is 3. The number of hydrogen-bond acceptors (Lipinski definition) is 4. The Morgan fingerprint density at radius 2 is 0.892 bits per heavy atom. The molecule has 0 bridgehead atoms. The van der Waals surface area contributed by atoms with E-state index in [1.54, 1.807) is 0 Å². The Balaban J connectivity index is 1.15. The van der Waals surface area contributed by atoms with Crippen molar-refractivity contribution in [3.8, 4) is 0 Å². The normalized spacial score (nSPS) is 17.5. The zero-order valence-electron chi connectivity index (χ0n) is 53.4. The van der Waals surface area contributed by atoms with Gasteiger partial charge in [-0.2, -0.15) is 0 Å². The molecule has 3 heterocycles. The number of hydrogen-bond donors (Lipinski definition) is 0. The Morgan fingerprint density at radius 1 is 0.410 bits per heavy atom. The van der Waals surface area contributed by atoms with E-state index in [1.165, 1.54) is 145 Å². The molecule has 2 aliphatic heterocycles. The third-order valence-corrected chi connectivity index (χ3v) is 21.6. The molecule has 13 rings (SSSR count). The largest absolute Gasteiger partial charge is 0.311 e. The molecule has 8 aromatic carbocycles. The maximum atomic E-state index is 2.73. The molecule has 2 aliphatic carbocycles. The maximum Gasteiger partial charge on any atom is 0.252 e. The summed E-state index contributed by atoms with van der Waals surface area (Å²) in [5.41, 5.74) is 27.7. The molecule has 0 saturated heterocycles. The zero-order valence-corrected chi connectivity index (χ0v) is 54.3. The lowest BCUT2D eigenvalue weighted by Crippen LogP contribution is -2.62. The number of benzene rings is 8. The first-order valence-corrected chi connectivity index (χ1v) is 31.8. The standard InChI is InChI=1S/C78H88BN3S/c1-47-38-49(72(3,4)5)24-31-63(47)80(64-32-25-50(39-48(64)2)73(6,7)8)54-27-30-61-65(44-54)81(52-28-33-70-56(42-52)55-22-20-21-23-69(55)83-70)67-40-51(74(9,10)11)41-68-71(67)79(61)62-45-59-60(78(18,19)37-36-77(59,16)17)46-66(62)82(68)53-26-29-57-58(43-53)76(14,15)35-34-75(57,12)13/h20-33,38-46H,34-37H2,1-19H3. The van der Waals surface area contributed by atoms with Crippen molar-refractivity contribution >= 4 is 106 Å². The summed E-state index contributed by atoms with van der Waals surface area (Å²) >= 11 is 1.90. The van der Waals surface area contributed by atoms with E-state index in [2.05, 4.69) is 286 Å². The molecule has 0 atom stereocenters. The molecule has 0 spiro atoms. The SMILES string of the molecule is Cc1cc(C(C)(C)C)ccc1N(c1ccc2c(c1)N(c1ccc3sc4ccccc4c3c1)c1cc(C(C)(C)C)cc3c1B2c1cc2c(cc1N3c1ccc3c(c1)C(C)(C)CCC3(C)C)C(C)(C)CCC2(C)C)c1ccc(C(C)(C)C)cc1C. The minimum absolute atomic E-state index is 0.0126. The topological polar surface area (TPSA) is 9.72 Å². The highest BCUT2D eigenvalue weighted by Crippen LogP contribution is 2.54. The summed E-state index contributed by atoms with van der Waals surface area (Å²) in [6.45, 7) is 45.6. The molecule has 9 aromatic rings. The molecule has 5 heteroatoms. The number of fused-ring (bicyclic) bond motifs is 9. The Hall–Kier alpha value is -6.56. The van der Waals surface area contributed by atoms with Gasteiger partial charge < -0.3 is 14.7 Å². The van der Waals surface area contributed by atoms with Gasteiger partial charge in [-0.05, 0) is 223 Å². The molecule has 0 N–H and O–H groups in total. The minimum atomic E-state index is -0.164. The first kappa shape index (κ1) is 55.6. The van der Waals surface area contributed by atoms with Crippen LogP contribution in [0.3, 0.4) is 0 Å². The van der Waals surface area contributed by atoms with Crippen molar-refractivity contribution in [2.45, 2.75) is 195 Å². The molecule has 0 unspecified atom stereocenters. The highest BCUT2D eigenvalue weighted by molar-refractivity contribution is 7.25. The van der Waals surface area contributed by atoms with Gasteiger partial charge in [0.25, 0.3) is 6.71 Å². The lowest BCUT2D eigenvalue weighted by Gasteiger charge is -2.48. The van der Waals surface area contributed by atoms with Crippen molar-refractivity contribution < 1.29 is 0 Å². The van der Waals surface area contributed by atoms with E-state index in [-0.39, 0.29) is 44.6 Å².